The molecule has 0 saturated heterocycles. The first-order valence-corrected chi connectivity index (χ1v) is 11.4. The van der Waals surface area contributed by atoms with Crippen molar-refractivity contribution in [1.29, 1.82) is 0 Å². The van der Waals surface area contributed by atoms with Crippen molar-refractivity contribution in [2.45, 2.75) is 26.1 Å². The van der Waals surface area contributed by atoms with Crippen LogP contribution in [0.1, 0.15) is 32.6 Å². The highest BCUT2D eigenvalue weighted by Gasteiger charge is 2.31. The second-order valence-corrected chi connectivity index (χ2v) is 9.07. The molecule has 9 nitrogen and oxygen atoms in total. The highest BCUT2D eigenvalue weighted by Crippen LogP contribution is 2.33. The lowest BCUT2D eigenvalue weighted by atomic mass is 10.0. The third kappa shape index (κ3) is 3.66. The summed E-state index contributed by atoms with van der Waals surface area (Å²) in [5.74, 6) is 0.807. The predicted octanol–water partition coefficient (Wildman–Crippen LogP) is 3.03. The van der Waals surface area contributed by atoms with Gasteiger partial charge in [-0.1, -0.05) is 12.1 Å². The van der Waals surface area contributed by atoms with Crippen molar-refractivity contribution < 1.29 is 13.9 Å². The van der Waals surface area contributed by atoms with Gasteiger partial charge in [0.15, 0.2) is 5.65 Å². The maximum absolute atomic E-state index is 14.5. The van der Waals surface area contributed by atoms with E-state index in [1.807, 2.05) is 26.2 Å². The van der Waals surface area contributed by atoms with Gasteiger partial charge in [-0.15, -0.1) is 10.2 Å². The second-order valence-electron chi connectivity index (χ2n) is 9.07. The lowest BCUT2D eigenvalue weighted by molar-refractivity contribution is 0.0996. The average Bonchev–Trinajstić information content (AvgIpc) is 3.57. The molecule has 0 saturated carbocycles. The average molecular weight is 474 g/mol. The van der Waals surface area contributed by atoms with Gasteiger partial charge in [0.05, 0.1) is 19.3 Å². The van der Waals surface area contributed by atoms with Crippen LogP contribution in [0.15, 0.2) is 42.9 Å². The summed E-state index contributed by atoms with van der Waals surface area (Å²) in [4.78, 5) is 21.5. The number of carbonyl (C=O) groups excluding carboxylic acids is 1. The molecule has 178 valence electrons. The van der Waals surface area contributed by atoms with Crippen LogP contribution < -0.4 is 15.0 Å². The summed E-state index contributed by atoms with van der Waals surface area (Å²) in [6, 6.07) is 9.04. The minimum atomic E-state index is -0.285. The van der Waals surface area contributed by atoms with E-state index in [1.54, 1.807) is 21.6 Å². The molecule has 0 spiro atoms. The second kappa shape index (κ2) is 8.31. The Hall–Kier alpha value is -4.05. The van der Waals surface area contributed by atoms with Crippen LogP contribution in [0.4, 0.5) is 16.0 Å². The number of hydrogen-bond donors (Lipinski definition) is 1. The standard InChI is InChI=1S/C25H24FN7O2/c1-31(2)12-15-3-4-17-16(9-15)13-32(24(17)34)21-11-28-25(33-14-29-30-23(21)33)27-10-19-18-7-8-35-22(18)6-5-20(19)26/h3-6,9,11,14H,7-8,10,12-13H2,1-2H3,(H,27,28). The molecule has 1 N–H and O–H groups in total. The van der Waals surface area contributed by atoms with E-state index in [4.69, 9.17) is 4.74 Å². The fourth-order valence-corrected chi connectivity index (χ4v) is 4.83. The van der Waals surface area contributed by atoms with Crippen LogP contribution >= 0.6 is 0 Å². The Morgan fingerprint density at radius 1 is 1.23 bits per heavy atom. The molecule has 6 rings (SSSR count). The lowest BCUT2D eigenvalue weighted by Gasteiger charge is -2.17. The zero-order chi connectivity index (χ0) is 24.1. The van der Waals surface area contributed by atoms with Gasteiger partial charge >= 0.3 is 0 Å². The third-order valence-electron chi connectivity index (χ3n) is 6.44. The van der Waals surface area contributed by atoms with Crippen molar-refractivity contribution in [2.75, 3.05) is 30.9 Å². The highest BCUT2D eigenvalue weighted by molar-refractivity contribution is 6.11. The molecule has 2 aromatic carbocycles. The molecule has 10 heteroatoms. The Morgan fingerprint density at radius 2 is 2.11 bits per heavy atom. The van der Waals surface area contributed by atoms with Crippen LogP contribution in [0.25, 0.3) is 5.65 Å². The minimum Gasteiger partial charge on any atom is -0.493 e. The fraction of sp³-hybridized carbons (Fsp3) is 0.280. The number of halogens is 1. The normalized spacial score (nSPS) is 14.5. The number of nitrogens with one attached hydrogen (secondary N) is 1. The van der Waals surface area contributed by atoms with E-state index in [-0.39, 0.29) is 18.3 Å². The molecular formula is C25H24FN7O2. The summed E-state index contributed by atoms with van der Waals surface area (Å²) >= 11 is 0. The first-order chi connectivity index (χ1) is 17.0. The summed E-state index contributed by atoms with van der Waals surface area (Å²) in [7, 11) is 4.03. The maximum Gasteiger partial charge on any atom is 0.259 e. The van der Waals surface area contributed by atoms with Crippen molar-refractivity contribution in [3.05, 3.63) is 76.5 Å². The molecule has 2 aliphatic rings. The van der Waals surface area contributed by atoms with E-state index in [0.29, 0.717) is 48.0 Å². The van der Waals surface area contributed by atoms with Crippen molar-refractivity contribution in [3.63, 3.8) is 0 Å². The predicted molar refractivity (Wildman–Crippen MR) is 128 cm³/mol. The van der Waals surface area contributed by atoms with E-state index >= 15 is 0 Å². The molecule has 2 aromatic heterocycles. The van der Waals surface area contributed by atoms with Crippen LogP contribution in [0.3, 0.4) is 0 Å². The molecule has 0 aliphatic carbocycles. The quantitative estimate of drug-likeness (QED) is 0.461. The largest absolute Gasteiger partial charge is 0.493 e. The van der Waals surface area contributed by atoms with Gasteiger partial charge in [-0.2, -0.15) is 0 Å². The highest BCUT2D eigenvalue weighted by atomic mass is 19.1. The van der Waals surface area contributed by atoms with E-state index in [0.717, 1.165) is 29.0 Å². The minimum absolute atomic E-state index is 0.0919. The summed E-state index contributed by atoms with van der Waals surface area (Å²) in [6.07, 6.45) is 3.82. The number of rotatable bonds is 6. The zero-order valence-corrected chi connectivity index (χ0v) is 19.5. The third-order valence-corrected chi connectivity index (χ3v) is 6.44. The number of aromatic nitrogens is 4. The topological polar surface area (TPSA) is 87.9 Å². The number of benzene rings is 2. The number of carbonyl (C=O) groups is 1. The molecule has 4 heterocycles. The van der Waals surface area contributed by atoms with Crippen LogP contribution in [0.5, 0.6) is 5.75 Å². The van der Waals surface area contributed by atoms with Gasteiger partial charge in [0.1, 0.15) is 23.6 Å². The Morgan fingerprint density at radius 3 is 2.97 bits per heavy atom. The number of hydrogen-bond acceptors (Lipinski definition) is 7. The molecule has 35 heavy (non-hydrogen) atoms. The van der Waals surface area contributed by atoms with E-state index in [9.17, 15) is 9.18 Å². The first kappa shape index (κ1) is 21.5. The van der Waals surface area contributed by atoms with Gasteiger partial charge in [0, 0.05) is 36.2 Å². The first-order valence-electron chi connectivity index (χ1n) is 11.4. The molecule has 1 amide bonds. The molecule has 0 unspecified atom stereocenters. The fourth-order valence-electron chi connectivity index (χ4n) is 4.83. The van der Waals surface area contributed by atoms with Crippen molar-refractivity contribution in [2.24, 2.45) is 0 Å². The number of nitrogens with zero attached hydrogens (tertiary/aromatic N) is 6. The van der Waals surface area contributed by atoms with Crippen LogP contribution in [0.2, 0.25) is 0 Å². The number of fused-ring (bicyclic) bond motifs is 3. The SMILES string of the molecule is CN(C)Cc1ccc2c(c1)CN(c1cnc(NCc3c(F)ccc4c3CCO4)n3cnnc13)C2=O. The molecule has 0 bridgehead atoms. The zero-order valence-electron chi connectivity index (χ0n) is 19.5. The molecule has 4 aromatic rings. The van der Waals surface area contributed by atoms with Gasteiger partial charge in [0.25, 0.3) is 5.91 Å². The Balaban J connectivity index is 1.28. The van der Waals surface area contributed by atoms with Crippen LogP contribution in [0, 0.1) is 5.82 Å². The Labute approximate surface area is 201 Å². The lowest BCUT2D eigenvalue weighted by Crippen LogP contribution is -2.24. The van der Waals surface area contributed by atoms with E-state index < -0.39 is 0 Å². The van der Waals surface area contributed by atoms with E-state index in [1.165, 1.54) is 12.4 Å². The molecule has 0 fully saturated rings. The summed E-state index contributed by atoms with van der Waals surface area (Å²) in [5, 5.41) is 11.5. The van der Waals surface area contributed by atoms with Crippen molar-refractivity contribution in [3.8, 4) is 5.75 Å². The van der Waals surface area contributed by atoms with Gasteiger partial charge < -0.3 is 15.0 Å². The number of anilines is 2. The van der Waals surface area contributed by atoms with E-state index in [2.05, 4.69) is 31.5 Å². The monoisotopic (exact) mass is 473 g/mol. The number of ether oxygens (including phenoxy) is 1. The maximum atomic E-state index is 14.5. The van der Waals surface area contributed by atoms with Crippen molar-refractivity contribution in [1.82, 2.24) is 24.5 Å². The number of amides is 1. The summed E-state index contributed by atoms with van der Waals surface area (Å²) in [6.45, 7) is 2.03. The molecular weight excluding hydrogens is 449 g/mol. The summed E-state index contributed by atoms with van der Waals surface area (Å²) in [5.41, 5.74) is 5.32. The molecule has 0 radical (unpaired) electrons. The van der Waals surface area contributed by atoms with Gasteiger partial charge in [-0.05, 0) is 43.4 Å². The van der Waals surface area contributed by atoms with Crippen molar-refractivity contribution >= 4 is 23.2 Å². The van der Waals surface area contributed by atoms with Gasteiger partial charge in [-0.25, -0.2) is 13.8 Å². The Bertz CT molecular complexity index is 1470. The Kier molecular flexibility index (Phi) is 5.10. The molecule has 2 aliphatic heterocycles. The molecule has 0 atom stereocenters. The summed E-state index contributed by atoms with van der Waals surface area (Å²) < 4.78 is 21.8. The van der Waals surface area contributed by atoms with Crippen LogP contribution in [-0.2, 0) is 26.1 Å². The smallest absolute Gasteiger partial charge is 0.259 e. The van der Waals surface area contributed by atoms with Crippen LogP contribution in [-0.4, -0.2) is 51.1 Å². The van der Waals surface area contributed by atoms with Gasteiger partial charge in [-0.3, -0.25) is 9.69 Å². The van der Waals surface area contributed by atoms with Gasteiger partial charge in [0.2, 0.25) is 5.95 Å².